The van der Waals surface area contributed by atoms with Gasteiger partial charge in [-0.15, -0.1) is 0 Å². The molecular formula is C19H14Cl2N2O. The third kappa shape index (κ3) is 4.34. The molecule has 0 N–H and O–H groups in total. The highest BCUT2D eigenvalue weighted by Crippen LogP contribution is 2.22. The first-order chi connectivity index (χ1) is 11.6. The second kappa shape index (κ2) is 7.47. The number of aliphatic imine (C=N–C) groups is 1. The van der Waals surface area contributed by atoms with Crippen LogP contribution in [-0.2, 0) is 0 Å². The lowest BCUT2D eigenvalue weighted by molar-refractivity contribution is 0.408. The van der Waals surface area contributed by atoms with E-state index in [1.165, 1.54) is 0 Å². The summed E-state index contributed by atoms with van der Waals surface area (Å²) >= 11 is 11.9. The van der Waals surface area contributed by atoms with E-state index < -0.39 is 0 Å². The Kier molecular flexibility index (Phi) is 5.14. The van der Waals surface area contributed by atoms with E-state index in [4.69, 9.17) is 27.7 Å². The fourth-order valence-electron chi connectivity index (χ4n) is 2.09. The summed E-state index contributed by atoms with van der Waals surface area (Å²) in [5.41, 5.74) is 3.45. The molecule has 3 nitrogen and oxygen atoms in total. The molecule has 1 aromatic heterocycles. The topological polar surface area (TPSA) is 38.4 Å². The quantitative estimate of drug-likeness (QED) is 0.545. The van der Waals surface area contributed by atoms with Gasteiger partial charge in [-0.3, -0.25) is 4.99 Å². The molecular weight excluding hydrogens is 343 g/mol. The maximum absolute atomic E-state index is 5.97. The number of benzene rings is 2. The third-order valence-corrected chi connectivity index (χ3v) is 3.79. The summed E-state index contributed by atoms with van der Waals surface area (Å²) in [6.45, 7) is 1.87. The van der Waals surface area contributed by atoms with Crippen LogP contribution in [0.1, 0.15) is 22.6 Å². The van der Waals surface area contributed by atoms with E-state index >= 15 is 0 Å². The molecule has 0 atom stereocenters. The smallest absolute Gasteiger partial charge is 0.162 e. The van der Waals surface area contributed by atoms with Crippen molar-refractivity contribution in [1.29, 1.82) is 0 Å². The zero-order valence-corrected chi connectivity index (χ0v) is 14.4. The largest absolute Gasteiger partial charge is 0.357 e. The summed E-state index contributed by atoms with van der Waals surface area (Å²) in [6.07, 6.45) is 3.62. The van der Waals surface area contributed by atoms with Crippen molar-refractivity contribution in [2.24, 2.45) is 4.99 Å². The van der Waals surface area contributed by atoms with Crippen molar-refractivity contribution in [1.82, 2.24) is 5.16 Å². The van der Waals surface area contributed by atoms with E-state index in [0.717, 1.165) is 22.5 Å². The molecule has 0 spiro atoms. The molecule has 0 aliphatic carbocycles. The summed E-state index contributed by atoms with van der Waals surface area (Å²) in [7, 11) is 0. The van der Waals surface area contributed by atoms with Gasteiger partial charge in [-0.05, 0) is 36.8 Å². The standard InChI is InChI=1S/C19H14Cl2N2O/c1-13-10-18(24-23-13)11-19(15-4-8-17(21)9-5-15)22-12-14-2-6-16(20)7-3-14/h2-12H,1H3/b19-11-,22-12?. The van der Waals surface area contributed by atoms with Gasteiger partial charge < -0.3 is 4.52 Å². The van der Waals surface area contributed by atoms with Gasteiger partial charge in [0.1, 0.15) is 0 Å². The van der Waals surface area contributed by atoms with Crippen molar-refractivity contribution >= 4 is 41.2 Å². The highest BCUT2D eigenvalue weighted by molar-refractivity contribution is 6.30. The first-order valence-corrected chi connectivity index (χ1v) is 8.06. The maximum Gasteiger partial charge on any atom is 0.162 e. The van der Waals surface area contributed by atoms with Gasteiger partial charge in [-0.25, -0.2) is 0 Å². The van der Waals surface area contributed by atoms with Crippen molar-refractivity contribution in [3.63, 3.8) is 0 Å². The molecule has 3 aromatic rings. The fraction of sp³-hybridized carbons (Fsp3) is 0.0526. The Morgan fingerprint density at radius 3 is 2.21 bits per heavy atom. The molecule has 0 saturated heterocycles. The first-order valence-electron chi connectivity index (χ1n) is 7.31. The number of rotatable bonds is 4. The number of hydrogen-bond acceptors (Lipinski definition) is 3. The lowest BCUT2D eigenvalue weighted by Gasteiger charge is -2.02. The molecule has 0 aliphatic heterocycles. The van der Waals surface area contributed by atoms with E-state index in [0.29, 0.717) is 15.8 Å². The molecule has 0 amide bonds. The Balaban J connectivity index is 1.96. The van der Waals surface area contributed by atoms with Crippen LogP contribution in [0.3, 0.4) is 0 Å². The molecule has 120 valence electrons. The molecule has 0 radical (unpaired) electrons. The van der Waals surface area contributed by atoms with Crippen molar-refractivity contribution in [2.45, 2.75) is 6.92 Å². The predicted molar refractivity (Wildman–Crippen MR) is 99.6 cm³/mol. The van der Waals surface area contributed by atoms with Crippen LogP contribution in [0, 0.1) is 6.92 Å². The molecule has 0 bridgehead atoms. The normalized spacial score (nSPS) is 12.0. The van der Waals surface area contributed by atoms with E-state index in [-0.39, 0.29) is 0 Å². The van der Waals surface area contributed by atoms with Crippen LogP contribution < -0.4 is 0 Å². The Bertz CT molecular complexity index is 878. The van der Waals surface area contributed by atoms with E-state index in [1.807, 2.05) is 67.6 Å². The summed E-state index contributed by atoms with van der Waals surface area (Å²) in [6, 6.07) is 16.8. The molecule has 0 fully saturated rings. The van der Waals surface area contributed by atoms with E-state index in [1.54, 1.807) is 6.21 Å². The Morgan fingerprint density at radius 1 is 1.00 bits per heavy atom. The predicted octanol–water partition coefficient (Wildman–Crippen LogP) is 5.91. The summed E-state index contributed by atoms with van der Waals surface area (Å²) in [5, 5.41) is 5.27. The number of halogens is 2. The Hall–Kier alpha value is -2.36. The monoisotopic (exact) mass is 356 g/mol. The minimum atomic E-state index is 0.644. The molecule has 0 saturated carbocycles. The van der Waals surface area contributed by atoms with Gasteiger partial charge in [0.05, 0.1) is 11.4 Å². The van der Waals surface area contributed by atoms with Crippen LogP contribution in [-0.4, -0.2) is 11.4 Å². The summed E-state index contributed by atoms with van der Waals surface area (Å²) < 4.78 is 5.26. The average Bonchev–Trinajstić information content (AvgIpc) is 2.99. The summed E-state index contributed by atoms with van der Waals surface area (Å²) in [4.78, 5) is 4.59. The van der Waals surface area contributed by atoms with Crippen molar-refractivity contribution in [3.8, 4) is 0 Å². The summed E-state index contributed by atoms with van der Waals surface area (Å²) in [5.74, 6) is 0.644. The van der Waals surface area contributed by atoms with Gasteiger partial charge in [0.15, 0.2) is 5.76 Å². The van der Waals surface area contributed by atoms with Crippen LogP contribution in [0.25, 0.3) is 11.8 Å². The second-order valence-electron chi connectivity index (χ2n) is 5.22. The number of nitrogens with zero attached hydrogens (tertiary/aromatic N) is 2. The molecule has 24 heavy (non-hydrogen) atoms. The molecule has 0 aliphatic rings. The average molecular weight is 357 g/mol. The van der Waals surface area contributed by atoms with Gasteiger partial charge in [0.2, 0.25) is 0 Å². The Labute approximate surface area is 150 Å². The van der Waals surface area contributed by atoms with E-state index in [9.17, 15) is 0 Å². The van der Waals surface area contributed by atoms with Crippen LogP contribution >= 0.6 is 23.2 Å². The maximum atomic E-state index is 5.97. The molecule has 1 heterocycles. The zero-order valence-electron chi connectivity index (χ0n) is 12.9. The molecule has 3 rings (SSSR count). The third-order valence-electron chi connectivity index (χ3n) is 3.29. The zero-order chi connectivity index (χ0) is 16.9. The second-order valence-corrected chi connectivity index (χ2v) is 6.09. The lowest BCUT2D eigenvalue weighted by atomic mass is 10.1. The van der Waals surface area contributed by atoms with Crippen molar-refractivity contribution in [3.05, 3.63) is 87.2 Å². The van der Waals surface area contributed by atoms with Gasteiger partial charge in [0.25, 0.3) is 0 Å². The van der Waals surface area contributed by atoms with Gasteiger partial charge in [-0.1, -0.05) is 52.6 Å². The van der Waals surface area contributed by atoms with Gasteiger partial charge in [0, 0.05) is 34.0 Å². The number of aromatic nitrogens is 1. The van der Waals surface area contributed by atoms with Crippen LogP contribution in [0.5, 0.6) is 0 Å². The van der Waals surface area contributed by atoms with E-state index in [2.05, 4.69) is 10.1 Å². The molecule has 2 aromatic carbocycles. The molecule has 0 unspecified atom stereocenters. The lowest BCUT2D eigenvalue weighted by Crippen LogP contribution is -1.85. The first kappa shape index (κ1) is 16.5. The fourth-order valence-corrected chi connectivity index (χ4v) is 2.35. The minimum Gasteiger partial charge on any atom is -0.357 e. The van der Waals surface area contributed by atoms with Crippen molar-refractivity contribution in [2.75, 3.05) is 0 Å². The SMILES string of the molecule is Cc1cc(/C=C(\N=Cc2ccc(Cl)cc2)c2ccc(Cl)cc2)on1. The van der Waals surface area contributed by atoms with Crippen LogP contribution in [0.15, 0.2) is 64.1 Å². The number of aryl methyl sites for hydroxylation is 1. The Morgan fingerprint density at radius 2 is 1.62 bits per heavy atom. The van der Waals surface area contributed by atoms with Crippen LogP contribution in [0.4, 0.5) is 0 Å². The highest BCUT2D eigenvalue weighted by Gasteiger charge is 2.04. The van der Waals surface area contributed by atoms with Gasteiger partial charge in [-0.2, -0.15) is 0 Å². The number of hydrogen-bond donors (Lipinski definition) is 0. The van der Waals surface area contributed by atoms with Gasteiger partial charge >= 0.3 is 0 Å². The molecule has 5 heteroatoms. The van der Waals surface area contributed by atoms with Crippen LogP contribution in [0.2, 0.25) is 10.0 Å². The van der Waals surface area contributed by atoms with Crippen molar-refractivity contribution < 1.29 is 4.52 Å². The highest BCUT2D eigenvalue weighted by atomic mass is 35.5. The minimum absolute atomic E-state index is 0.644.